The van der Waals surface area contributed by atoms with Gasteiger partial charge in [0.05, 0.1) is 0 Å². The van der Waals surface area contributed by atoms with Crippen LogP contribution in [-0.4, -0.2) is 11.9 Å². The van der Waals surface area contributed by atoms with Gasteiger partial charge in [0, 0.05) is 0 Å². The Kier molecular flexibility index (Phi) is 2.66. The standard InChI is InChI=1S/C10H14N/c1-9-5-4-6-10(7-9)8-11(2)3/h4-7H,2,8H2,1,3H3/q-1. The molecule has 60 valence electrons. The maximum Gasteiger partial charge on any atom is -0.00468 e. The highest BCUT2D eigenvalue weighted by atomic mass is 15.0. The maximum absolute atomic E-state index is 3.80. The summed E-state index contributed by atoms with van der Waals surface area (Å²) >= 11 is 0. The molecule has 0 heterocycles. The Hall–Kier alpha value is -0.820. The first-order valence-electron chi connectivity index (χ1n) is 3.75. The van der Waals surface area contributed by atoms with Crippen molar-refractivity contribution >= 4 is 0 Å². The van der Waals surface area contributed by atoms with E-state index < -0.39 is 0 Å². The Balaban J connectivity index is 2.71. The lowest BCUT2D eigenvalue weighted by molar-refractivity contribution is 0.445. The van der Waals surface area contributed by atoms with E-state index >= 15 is 0 Å². The Bertz CT molecular complexity index is 228. The molecular weight excluding hydrogens is 134 g/mol. The normalized spacial score (nSPS) is 10.5. The monoisotopic (exact) mass is 148 g/mol. The highest BCUT2D eigenvalue weighted by molar-refractivity contribution is 5.21. The second kappa shape index (κ2) is 3.54. The molecule has 0 radical (unpaired) electrons. The van der Waals surface area contributed by atoms with Crippen molar-refractivity contribution in [1.82, 2.24) is 4.90 Å². The Morgan fingerprint density at radius 3 is 2.73 bits per heavy atom. The lowest BCUT2D eigenvalue weighted by Gasteiger charge is -2.17. The second-order valence-corrected chi connectivity index (χ2v) is 3.00. The average molecular weight is 148 g/mol. The molecule has 1 aromatic rings. The molecule has 0 fully saturated rings. The summed E-state index contributed by atoms with van der Waals surface area (Å²) in [5.74, 6) is 0. The highest BCUT2D eigenvalue weighted by Gasteiger charge is 1.90. The molecule has 0 aliphatic carbocycles. The quantitative estimate of drug-likeness (QED) is 0.581. The number of aryl methyl sites for hydroxylation is 1. The molecule has 0 amide bonds. The third-order valence-corrected chi connectivity index (χ3v) is 1.53. The fourth-order valence-electron chi connectivity index (χ4n) is 1.12. The van der Waals surface area contributed by atoms with E-state index in [0.29, 0.717) is 0 Å². The van der Waals surface area contributed by atoms with Gasteiger partial charge in [-0.25, -0.2) is 0 Å². The van der Waals surface area contributed by atoms with Crippen molar-refractivity contribution in [2.24, 2.45) is 0 Å². The summed E-state index contributed by atoms with van der Waals surface area (Å²) in [6, 6.07) is 8.48. The summed E-state index contributed by atoms with van der Waals surface area (Å²) in [7, 11) is 5.77. The fourth-order valence-corrected chi connectivity index (χ4v) is 1.12. The topological polar surface area (TPSA) is 3.24 Å². The van der Waals surface area contributed by atoms with Crippen LogP contribution in [0.2, 0.25) is 0 Å². The first-order valence-corrected chi connectivity index (χ1v) is 3.75. The minimum atomic E-state index is 0.918. The predicted molar refractivity (Wildman–Crippen MR) is 48.0 cm³/mol. The van der Waals surface area contributed by atoms with Crippen LogP contribution in [0.1, 0.15) is 11.1 Å². The van der Waals surface area contributed by atoms with Crippen LogP contribution in [0, 0.1) is 14.0 Å². The zero-order chi connectivity index (χ0) is 8.27. The summed E-state index contributed by atoms with van der Waals surface area (Å²) < 4.78 is 0. The van der Waals surface area contributed by atoms with Crippen LogP contribution >= 0.6 is 0 Å². The van der Waals surface area contributed by atoms with Crippen LogP contribution in [0.15, 0.2) is 24.3 Å². The average Bonchev–Trinajstić information content (AvgIpc) is 1.85. The van der Waals surface area contributed by atoms with Crippen LogP contribution in [0.3, 0.4) is 0 Å². The van der Waals surface area contributed by atoms with E-state index in [0.717, 1.165) is 6.54 Å². The van der Waals surface area contributed by atoms with Crippen molar-refractivity contribution in [2.45, 2.75) is 13.5 Å². The van der Waals surface area contributed by atoms with Gasteiger partial charge >= 0.3 is 0 Å². The molecule has 1 nitrogen and oxygen atoms in total. The molecule has 0 N–H and O–H groups in total. The summed E-state index contributed by atoms with van der Waals surface area (Å²) in [6.45, 7) is 3.02. The van der Waals surface area contributed by atoms with Crippen molar-refractivity contribution in [1.29, 1.82) is 0 Å². The van der Waals surface area contributed by atoms with E-state index in [-0.39, 0.29) is 0 Å². The number of hydrogen-bond donors (Lipinski definition) is 0. The second-order valence-electron chi connectivity index (χ2n) is 3.00. The zero-order valence-corrected chi connectivity index (χ0v) is 7.17. The van der Waals surface area contributed by atoms with Crippen molar-refractivity contribution in [2.75, 3.05) is 7.05 Å². The van der Waals surface area contributed by atoms with Crippen LogP contribution in [0.5, 0.6) is 0 Å². The molecule has 1 aromatic carbocycles. The van der Waals surface area contributed by atoms with Gasteiger partial charge in [0.25, 0.3) is 0 Å². The van der Waals surface area contributed by atoms with Crippen LogP contribution in [0.4, 0.5) is 0 Å². The number of hydrogen-bond acceptors (Lipinski definition) is 1. The predicted octanol–water partition coefficient (Wildman–Crippen LogP) is 2.22. The molecule has 0 aromatic heterocycles. The molecule has 0 unspecified atom stereocenters. The number of benzene rings is 1. The summed E-state index contributed by atoms with van der Waals surface area (Å²) in [5.41, 5.74) is 2.63. The van der Waals surface area contributed by atoms with Gasteiger partial charge in [0.1, 0.15) is 0 Å². The fraction of sp³-hybridized carbons (Fsp3) is 0.300. The molecule has 0 saturated heterocycles. The van der Waals surface area contributed by atoms with Gasteiger partial charge in [-0.1, -0.05) is 29.8 Å². The Morgan fingerprint density at radius 2 is 2.18 bits per heavy atom. The largest absolute Gasteiger partial charge is 0.458 e. The summed E-state index contributed by atoms with van der Waals surface area (Å²) in [5, 5.41) is 0. The van der Waals surface area contributed by atoms with E-state index in [2.05, 4.69) is 38.2 Å². The lowest BCUT2D eigenvalue weighted by Crippen LogP contribution is -2.07. The van der Waals surface area contributed by atoms with E-state index in [9.17, 15) is 0 Å². The molecule has 0 aliphatic heterocycles. The minimum absolute atomic E-state index is 0.918. The SMILES string of the molecule is [CH2-]N(C)Cc1cccc(C)c1. The highest BCUT2D eigenvalue weighted by Crippen LogP contribution is 2.05. The third kappa shape index (κ3) is 2.72. The molecule has 0 bridgehead atoms. The summed E-state index contributed by atoms with van der Waals surface area (Å²) in [4.78, 5) is 1.93. The number of nitrogens with zero attached hydrogens (tertiary/aromatic N) is 1. The maximum atomic E-state index is 3.80. The molecular formula is C10H14N-. The third-order valence-electron chi connectivity index (χ3n) is 1.53. The molecule has 0 atom stereocenters. The number of rotatable bonds is 2. The van der Waals surface area contributed by atoms with Crippen molar-refractivity contribution in [3.05, 3.63) is 42.4 Å². The molecule has 0 aliphatic rings. The molecule has 0 spiro atoms. The minimum Gasteiger partial charge on any atom is -0.458 e. The molecule has 0 saturated carbocycles. The van der Waals surface area contributed by atoms with Crippen molar-refractivity contribution < 1.29 is 0 Å². The molecule has 11 heavy (non-hydrogen) atoms. The summed E-state index contributed by atoms with van der Waals surface area (Å²) in [6.07, 6.45) is 0. The zero-order valence-electron chi connectivity index (χ0n) is 7.17. The van der Waals surface area contributed by atoms with Crippen LogP contribution in [-0.2, 0) is 6.54 Å². The smallest absolute Gasteiger partial charge is 0.00468 e. The van der Waals surface area contributed by atoms with Gasteiger partial charge < -0.3 is 4.90 Å². The Labute approximate surface area is 68.7 Å². The van der Waals surface area contributed by atoms with E-state index in [1.165, 1.54) is 11.1 Å². The van der Waals surface area contributed by atoms with Gasteiger partial charge in [-0.2, -0.15) is 0 Å². The van der Waals surface area contributed by atoms with Gasteiger partial charge in [0.2, 0.25) is 0 Å². The van der Waals surface area contributed by atoms with Crippen LogP contribution in [0.25, 0.3) is 0 Å². The van der Waals surface area contributed by atoms with Gasteiger partial charge in [-0.3, -0.25) is 7.05 Å². The van der Waals surface area contributed by atoms with E-state index in [4.69, 9.17) is 0 Å². The molecule has 1 rings (SSSR count). The van der Waals surface area contributed by atoms with Gasteiger partial charge in [-0.15, -0.1) is 0 Å². The first kappa shape index (κ1) is 8.28. The lowest BCUT2D eigenvalue weighted by atomic mass is 10.1. The van der Waals surface area contributed by atoms with Crippen molar-refractivity contribution in [3.63, 3.8) is 0 Å². The van der Waals surface area contributed by atoms with Crippen LogP contribution < -0.4 is 0 Å². The molecule has 1 heteroatoms. The van der Waals surface area contributed by atoms with E-state index in [1.54, 1.807) is 0 Å². The van der Waals surface area contributed by atoms with Crippen molar-refractivity contribution in [3.8, 4) is 0 Å². The first-order chi connectivity index (χ1) is 5.18. The van der Waals surface area contributed by atoms with Gasteiger partial charge in [-0.05, 0) is 26.1 Å². The van der Waals surface area contributed by atoms with Gasteiger partial charge in [0.15, 0.2) is 0 Å². The van der Waals surface area contributed by atoms with E-state index in [1.807, 2.05) is 11.9 Å². The Morgan fingerprint density at radius 1 is 1.45 bits per heavy atom.